The van der Waals surface area contributed by atoms with Crippen molar-refractivity contribution in [3.05, 3.63) is 28.2 Å². The molecule has 1 saturated carbocycles. The average Bonchev–Trinajstić information content (AvgIpc) is 3.03. The molecule has 3 heteroatoms. The van der Waals surface area contributed by atoms with Crippen LogP contribution in [-0.2, 0) is 6.54 Å². The predicted octanol–water partition coefficient (Wildman–Crippen LogP) is 4.31. The molecule has 1 N–H and O–H groups in total. The number of rotatable bonds is 3. The van der Waals surface area contributed by atoms with Crippen molar-refractivity contribution < 1.29 is 5.11 Å². The monoisotopic (exact) mass is 323 g/mol. The van der Waals surface area contributed by atoms with Crippen molar-refractivity contribution in [3.63, 3.8) is 0 Å². The van der Waals surface area contributed by atoms with E-state index < -0.39 is 0 Å². The van der Waals surface area contributed by atoms with Gasteiger partial charge >= 0.3 is 0 Å². The molecule has 0 amide bonds. The second-order valence-corrected chi connectivity index (χ2v) is 6.85. The molecule has 1 unspecified atom stereocenters. The Kier molecular flexibility index (Phi) is 4.13. The van der Waals surface area contributed by atoms with Crippen LogP contribution in [0, 0.1) is 5.92 Å². The molecule has 1 heterocycles. The zero-order chi connectivity index (χ0) is 13.2. The molecule has 1 aliphatic heterocycles. The van der Waals surface area contributed by atoms with Crippen LogP contribution in [0.4, 0.5) is 0 Å². The van der Waals surface area contributed by atoms with Crippen LogP contribution in [0.1, 0.15) is 44.1 Å². The summed E-state index contributed by atoms with van der Waals surface area (Å²) >= 11 is 3.60. The lowest BCUT2D eigenvalue weighted by Crippen LogP contribution is -2.34. The molecular weight excluding hydrogens is 302 g/mol. The quantitative estimate of drug-likeness (QED) is 0.895. The first-order valence-corrected chi connectivity index (χ1v) is 8.25. The minimum atomic E-state index is 0.370. The molecule has 0 aromatic heterocycles. The molecule has 1 aromatic rings. The van der Waals surface area contributed by atoms with E-state index in [9.17, 15) is 5.11 Å². The summed E-state index contributed by atoms with van der Waals surface area (Å²) in [4.78, 5) is 2.63. The Hall–Kier alpha value is -0.540. The molecule has 0 spiro atoms. The Balaban J connectivity index is 1.72. The first kappa shape index (κ1) is 13.4. The van der Waals surface area contributed by atoms with E-state index in [1.165, 1.54) is 50.6 Å². The summed E-state index contributed by atoms with van der Waals surface area (Å²) in [5.41, 5.74) is 1.21. The van der Waals surface area contributed by atoms with Gasteiger partial charge in [0.2, 0.25) is 0 Å². The van der Waals surface area contributed by atoms with E-state index >= 15 is 0 Å². The summed E-state index contributed by atoms with van der Waals surface area (Å²) in [6.45, 7) is 2.18. The number of nitrogens with zero attached hydrogens (tertiary/aromatic N) is 1. The highest BCUT2D eigenvalue weighted by Gasteiger charge is 2.33. The van der Waals surface area contributed by atoms with E-state index in [0.717, 1.165) is 23.0 Å². The maximum Gasteiger partial charge on any atom is 0.115 e. The molecule has 2 fully saturated rings. The third-order valence-electron chi connectivity index (χ3n) is 4.76. The highest BCUT2D eigenvalue weighted by atomic mass is 79.9. The van der Waals surface area contributed by atoms with Gasteiger partial charge in [0, 0.05) is 17.1 Å². The number of phenols is 1. The average molecular weight is 324 g/mol. The van der Waals surface area contributed by atoms with Crippen molar-refractivity contribution >= 4 is 15.9 Å². The van der Waals surface area contributed by atoms with Crippen molar-refractivity contribution in [3.8, 4) is 5.75 Å². The molecule has 1 aliphatic carbocycles. The Bertz CT molecular complexity index is 442. The van der Waals surface area contributed by atoms with E-state index in [4.69, 9.17) is 0 Å². The first-order valence-electron chi connectivity index (χ1n) is 7.45. The summed E-state index contributed by atoms with van der Waals surface area (Å²) in [5, 5.41) is 9.65. The molecule has 2 nitrogen and oxygen atoms in total. The van der Waals surface area contributed by atoms with Gasteiger partial charge in [-0.3, -0.25) is 4.90 Å². The molecule has 0 radical (unpaired) electrons. The van der Waals surface area contributed by atoms with Gasteiger partial charge in [-0.25, -0.2) is 0 Å². The standard InChI is InChI=1S/C16H22BrNO/c17-15-8-7-14(19)10-13(15)11-18-9-3-6-16(18)12-4-1-2-5-12/h7-8,10,12,16,19H,1-6,9,11H2. The van der Waals surface area contributed by atoms with Crippen LogP contribution in [-0.4, -0.2) is 22.6 Å². The molecule has 3 rings (SSSR count). The maximum atomic E-state index is 9.65. The van der Waals surface area contributed by atoms with Gasteiger partial charge in [0.15, 0.2) is 0 Å². The Morgan fingerprint density at radius 1 is 1.16 bits per heavy atom. The fourth-order valence-corrected chi connectivity index (χ4v) is 4.20. The molecule has 104 valence electrons. The maximum absolute atomic E-state index is 9.65. The summed E-state index contributed by atoms with van der Waals surface area (Å²) < 4.78 is 1.11. The number of halogens is 1. The summed E-state index contributed by atoms with van der Waals surface area (Å²) in [6, 6.07) is 6.36. The highest BCUT2D eigenvalue weighted by Crippen LogP contribution is 2.36. The van der Waals surface area contributed by atoms with Crippen molar-refractivity contribution in [2.24, 2.45) is 5.92 Å². The van der Waals surface area contributed by atoms with E-state index in [1.807, 2.05) is 12.1 Å². The van der Waals surface area contributed by atoms with E-state index in [2.05, 4.69) is 20.8 Å². The van der Waals surface area contributed by atoms with Crippen LogP contribution in [0.15, 0.2) is 22.7 Å². The van der Waals surface area contributed by atoms with Crippen LogP contribution in [0.5, 0.6) is 5.75 Å². The third-order valence-corrected chi connectivity index (χ3v) is 5.53. The lowest BCUT2D eigenvalue weighted by atomic mass is 9.96. The van der Waals surface area contributed by atoms with Crippen LogP contribution >= 0.6 is 15.9 Å². The number of benzene rings is 1. The van der Waals surface area contributed by atoms with Gasteiger partial charge in [0.05, 0.1) is 0 Å². The summed E-state index contributed by atoms with van der Waals surface area (Å²) in [5.74, 6) is 1.29. The van der Waals surface area contributed by atoms with Crippen LogP contribution < -0.4 is 0 Å². The number of hydrogen-bond donors (Lipinski definition) is 1. The zero-order valence-corrected chi connectivity index (χ0v) is 12.9. The first-order chi connectivity index (χ1) is 9.24. The topological polar surface area (TPSA) is 23.5 Å². The Labute approximate surface area is 123 Å². The van der Waals surface area contributed by atoms with E-state index in [0.29, 0.717) is 5.75 Å². The number of likely N-dealkylation sites (tertiary alicyclic amines) is 1. The van der Waals surface area contributed by atoms with Gasteiger partial charge in [0.1, 0.15) is 5.75 Å². The van der Waals surface area contributed by atoms with Crippen LogP contribution in [0.25, 0.3) is 0 Å². The van der Waals surface area contributed by atoms with Gasteiger partial charge in [-0.1, -0.05) is 28.8 Å². The van der Waals surface area contributed by atoms with Gasteiger partial charge in [0.25, 0.3) is 0 Å². The molecule has 19 heavy (non-hydrogen) atoms. The van der Waals surface area contributed by atoms with Gasteiger partial charge in [-0.2, -0.15) is 0 Å². The van der Waals surface area contributed by atoms with Crippen molar-refractivity contribution in [1.29, 1.82) is 0 Å². The number of hydrogen-bond acceptors (Lipinski definition) is 2. The zero-order valence-electron chi connectivity index (χ0n) is 11.3. The summed E-state index contributed by atoms with van der Waals surface area (Å²) in [6.07, 6.45) is 8.37. The van der Waals surface area contributed by atoms with Gasteiger partial charge in [-0.15, -0.1) is 0 Å². The highest BCUT2D eigenvalue weighted by molar-refractivity contribution is 9.10. The normalized spacial score (nSPS) is 25.2. The number of phenolic OH excluding ortho intramolecular Hbond substituents is 1. The Morgan fingerprint density at radius 2 is 1.95 bits per heavy atom. The van der Waals surface area contributed by atoms with Crippen LogP contribution in [0.3, 0.4) is 0 Å². The molecule has 0 bridgehead atoms. The van der Waals surface area contributed by atoms with E-state index in [-0.39, 0.29) is 0 Å². The minimum Gasteiger partial charge on any atom is -0.508 e. The molecule has 2 aliphatic rings. The lowest BCUT2D eigenvalue weighted by molar-refractivity contribution is 0.183. The molecule has 1 aromatic carbocycles. The predicted molar refractivity (Wildman–Crippen MR) is 81.2 cm³/mol. The van der Waals surface area contributed by atoms with Gasteiger partial charge in [-0.05, 0) is 61.9 Å². The van der Waals surface area contributed by atoms with Crippen LogP contribution in [0.2, 0.25) is 0 Å². The minimum absolute atomic E-state index is 0.370. The fraction of sp³-hybridized carbons (Fsp3) is 0.625. The smallest absolute Gasteiger partial charge is 0.115 e. The third kappa shape index (κ3) is 2.97. The molecule has 1 atom stereocenters. The fourth-order valence-electron chi connectivity index (χ4n) is 3.83. The number of aromatic hydroxyl groups is 1. The second kappa shape index (κ2) is 5.84. The van der Waals surface area contributed by atoms with Gasteiger partial charge < -0.3 is 5.11 Å². The van der Waals surface area contributed by atoms with E-state index in [1.54, 1.807) is 6.07 Å². The SMILES string of the molecule is Oc1ccc(Br)c(CN2CCCC2C2CCCC2)c1. The lowest BCUT2D eigenvalue weighted by Gasteiger charge is -2.29. The van der Waals surface area contributed by atoms with Crippen molar-refractivity contribution in [1.82, 2.24) is 4.90 Å². The summed E-state index contributed by atoms with van der Waals surface area (Å²) in [7, 11) is 0. The largest absolute Gasteiger partial charge is 0.508 e. The molecular formula is C16H22BrNO. The Morgan fingerprint density at radius 3 is 2.74 bits per heavy atom. The van der Waals surface area contributed by atoms with Crippen molar-refractivity contribution in [2.75, 3.05) is 6.54 Å². The second-order valence-electron chi connectivity index (χ2n) is 6.00. The molecule has 1 saturated heterocycles. The van der Waals surface area contributed by atoms with Crippen molar-refractivity contribution in [2.45, 2.75) is 51.1 Å².